The summed E-state index contributed by atoms with van der Waals surface area (Å²) in [5, 5.41) is 0. The largest absolute Gasteiger partial charge is 0.397 e. The Morgan fingerprint density at radius 2 is 2.00 bits per heavy atom. The first kappa shape index (κ1) is 13.4. The van der Waals surface area contributed by atoms with Gasteiger partial charge in [-0.05, 0) is 53.4 Å². The third kappa shape index (κ3) is 2.18. The minimum Gasteiger partial charge on any atom is -0.397 e. The van der Waals surface area contributed by atoms with E-state index < -0.39 is 0 Å². The summed E-state index contributed by atoms with van der Waals surface area (Å²) in [7, 11) is 0. The summed E-state index contributed by atoms with van der Waals surface area (Å²) in [4.78, 5) is 2.14. The molecule has 0 fully saturated rings. The second-order valence-electron chi connectivity index (χ2n) is 5.21. The van der Waals surface area contributed by atoms with Crippen LogP contribution in [0.25, 0.3) is 0 Å². The number of rotatable bonds is 1. The molecule has 2 N–H and O–H groups in total. The van der Waals surface area contributed by atoms with Crippen LogP contribution in [0.2, 0.25) is 0 Å². The van der Waals surface area contributed by atoms with Gasteiger partial charge in [0.15, 0.2) is 0 Å². The Labute approximate surface area is 126 Å². The predicted molar refractivity (Wildman–Crippen MR) is 84.9 cm³/mol. The number of nitrogen functional groups attached to an aromatic ring is 1. The average molecular weight is 335 g/mol. The first-order valence-electron chi connectivity index (χ1n) is 6.69. The Morgan fingerprint density at radius 3 is 2.80 bits per heavy atom. The number of benzene rings is 2. The molecule has 1 unspecified atom stereocenters. The molecule has 4 heteroatoms. The fraction of sp³-hybridized carbons (Fsp3) is 0.250. The molecule has 20 heavy (non-hydrogen) atoms. The minimum absolute atomic E-state index is 0.288. The van der Waals surface area contributed by atoms with Crippen molar-refractivity contribution in [1.82, 2.24) is 0 Å². The van der Waals surface area contributed by atoms with E-state index in [-0.39, 0.29) is 5.82 Å². The molecule has 1 heterocycles. The summed E-state index contributed by atoms with van der Waals surface area (Å²) in [6.07, 6.45) is 2.08. The molecular weight excluding hydrogens is 319 g/mol. The topological polar surface area (TPSA) is 29.3 Å². The molecule has 0 bridgehead atoms. The van der Waals surface area contributed by atoms with Crippen molar-refractivity contribution >= 4 is 33.0 Å². The number of hydrogen-bond acceptors (Lipinski definition) is 2. The summed E-state index contributed by atoms with van der Waals surface area (Å²) >= 11 is 3.18. The fourth-order valence-corrected chi connectivity index (χ4v) is 3.18. The van der Waals surface area contributed by atoms with Crippen LogP contribution in [0.1, 0.15) is 18.9 Å². The molecule has 1 atom stereocenters. The van der Waals surface area contributed by atoms with Crippen molar-refractivity contribution in [2.75, 3.05) is 10.6 Å². The highest BCUT2D eigenvalue weighted by molar-refractivity contribution is 9.10. The van der Waals surface area contributed by atoms with Crippen LogP contribution in [0.4, 0.5) is 21.5 Å². The van der Waals surface area contributed by atoms with Crippen molar-refractivity contribution in [3.05, 3.63) is 52.3 Å². The number of hydrogen-bond donors (Lipinski definition) is 1. The lowest BCUT2D eigenvalue weighted by Crippen LogP contribution is -2.33. The van der Waals surface area contributed by atoms with Gasteiger partial charge in [-0.3, -0.25) is 0 Å². The van der Waals surface area contributed by atoms with Crippen LogP contribution < -0.4 is 10.6 Å². The molecule has 0 saturated heterocycles. The normalized spacial score (nSPS) is 17.9. The van der Waals surface area contributed by atoms with Gasteiger partial charge in [0, 0.05) is 17.8 Å². The molecule has 0 aliphatic carbocycles. The maximum Gasteiger partial charge on any atom is 0.139 e. The number of nitrogens with two attached hydrogens (primary N) is 1. The number of fused-ring (bicyclic) bond motifs is 1. The molecule has 0 radical (unpaired) electrons. The average Bonchev–Trinajstić information content (AvgIpc) is 2.43. The van der Waals surface area contributed by atoms with E-state index in [1.165, 1.54) is 11.6 Å². The number of anilines is 3. The van der Waals surface area contributed by atoms with E-state index in [1.54, 1.807) is 6.07 Å². The van der Waals surface area contributed by atoms with Gasteiger partial charge in [-0.25, -0.2) is 4.39 Å². The number of nitrogens with zero attached hydrogens (tertiary/aromatic N) is 1. The second-order valence-corrected chi connectivity index (χ2v) is 6.07. The molecule has 3 rings (SSSR count). The van der Waals surface area contributed by atoms with Crippen molar-refractivity contribution in [3.8, 4) is 0 Å². The van der Waals surface area contributed by atoms with Crippen LogP contribution >= 0.6 is 15.9 Å². The molecule has 104 valence electrons. The van der Waals surface area contributed by atoms with Gasteiger partial charge in [0.2, 0.25) is 0 Å². The van der Waals surface area contributed by atoms with E-state index in [2.05, 4.69) is 39.9 Å². The Morgan fingerprint density at radius 1 is 1.25 bits per heavy atom. The molecule has 2 aromatic carbocycles. The number of aryl methyl sites for hydroxylation is 1. The molecule has 0 amide bonds. The zero-order valence-electron chi connectivity index (χ0n) is 11.2. The van der Waals surface area contributed by atoms with Gasteiger partial charge in [0.05, 0.1) is 15.8 Å². The lowest BCUT2D eigenvalue weighted by Gasteiger charge is -2.37. The van der Waals surface area contributed by atoms with E-state index in [4.69, 9.17) is 5.73 Å². The third-order valence-corrected chi connectivity index (χ3v) is 4.46. The Kier molecular flexibility index (Phi) is 3.42. The Balaban J connectivity index is 2.16. The van der Waals surface area contributed by atoms with Crippen molar-refractivity contribution in [2.24, 2.45) is 0 Å². The van der Waals surface area contributed by atoms with Crippen LogP contribution in [0.15, 0.2) is 40.9 Å². The summed E-state index contributed by atoms with van der Waals surface area (Å²) < 4.78 is 14.3. The SMILES string of the molecule is CC1CCc2ccccc2N1c1cc(F)c(Br)cc1N. The first-order valence-corrected chi connectivity index (χ1v) is 7.49. The lowest BCUT2D eigenvalue weighted by atomic mass is 9.95. The molecule has 2 nitrogen and oxygen atoms in total. The van der Waals surface area contributed by atoms with Crippen LogP contribution in [-0.2, 0) is 6.42 Å². The van der Waals surface area contributed by atoms with Crippen LogP contribution in [-0.4, -0.2) is 6.04 Å². The standard InChI is InChI=1S/C16H16BrFN2/c1-10-6-7-11-4-2-3-5-15(11)20(10)16-9-13(18)12(17)8-14(16)19/h2-5,8-10H,6-7,19H2,1H3. The van der Waals surface area contributed by atoms with Crippen LogP contribution in [0.3, 0.4) is 0 Å². The van der Waals surface area contributed by atoms with Crippen LogP contribution in [0, 0.1) is 5.82 Å². The van der Waals surface area contributed by atoms with Crippen molar-refractivity contribution in [1.29, 1.82) is 0 Å². The third-order valence-electron chi connectivity index (χ3n) is 3.85. The fourth-order valence-electron chi connectivity index (χ4n) is 2.82. The van der Waals surface area contributed by atoms with Gasteiger partial charge < -0.3 is 10.6 Å². The molecule has 1 aliphatic heterocycles. The first-order chi connectivity index (χ1) is 9.58. The predicted octanol–water partition coefficient (Wildman–Crippen LogP) is 4.64. The monoisotopic (exact) mass is 334 g/mol. The molecule has 2 aromatic rings. The van der Waals surface area contributed by atoms with E-state index in [9.17, 15) is 4.39 Å². The summed E-state index contributed by atoms with van der Waals surface area (Å²) in [6.45, 7) is 2.15. The van der Waals surface area contributed by atoms with Gasteiger partial charge in [-0.2, -0.15) is 0 Å². The smallest absolute Gasteiger partial charge is 0.139 e. The quantitative estimate of drug-likeness (QED) is 0.769. The molecular formula is C16H16BrFN2. The summed E-state index contributed by atoms with van der Waals surface area (Å²) in [5.74, 6) is -0.288. The summed E-state index contributed by atoms with van der Waals surface area (Å²) in [5.41, 5.74) is 9.84. The number of halogens is 2. The van der Waals surface area contributed by atoms with Gasteiger partial charge >= 0.3 is 0 Å². The van der Waals surface area contributed by atoms with Crippen molar-refractivity contribution in [2.45, 2.75) is 25.8 Å². The maximum absolute atomic E-state index is 13.9. The highest BCUT2D eigenvalue weighted by Gasteiger charge is 2.26. The minimum atomic E-state index is -0.288. The van der Waals surface area contributed by atoms with E-state index in [0.29, 0.717) is 16.2 Å². The Bertz CT molecular complexity index is 657. The molecule has 0 saturated carbocycles. The van der Waals surface area contributed by atoms with Gasteiger partial charge in [-0.1, -0.05) is 18.2 Å². The molecule has 0 spiro atoms. The van der Waals surface area contributed by atoms with Gasteiger partial charge in [-0.15, -0.1) is 0 Å². The lowest BCUT2D eigenvalue weighted by molar-refractivity contribution is 0.605. The second kappa shape index (κ2) is 5.09. The van der Waals surface area contributed by atoms with Gasteiger partial charge in [0.1, 0.15) is 5.82 Å². The molecule has 1 aliphatic rings. The zero-order chi connectivity index (χ0) is 14.3. The van der Waals surface area contributed by atoms with Crippen molar-refractivity contribution < 1.29 is 4.39 Å². The zero-order valence-corrected chi connectivity index (χ0v) is 12.8. The summed E-state index contributed by atoms with van der Waals surface area (Å²) in [6, 6.07) is 11.7. The van der Waals surface area contributed by atoms with Crippen molar-refractivity contribution in [3.63, 3.8) is 0 Å². The highest BCUT2D eigenvalue weighted by atomic mass is 79.9. The Hall–Kier alpha value is -1.55. The number of para-hydroxylation sites is 1. The highest BCUT2D eigenvalue weighted by Crippen LogP contribution is 2.40. The van der Waals surface area contributed by atoms with Gasteiger partial charge in [0.25, 0.3) is 0 Å². The van der Waals surface area contributed by atoms with Crippen LogP contribution in [0.5, 0.6) is 0 Å². The van der Waals surface area contributed by atoms with E-state index in [0.717, 1.165) is 24.2 Å². The van der Waals surface area contributed by atoms with E-state index in [1.807, 2.05) is 12.1 Å². The molecule has 0 aromatic heterocycles. The maximum atomic E-state index is 13.9. The van der Waals surface area contributed by atoms with E-state index >= 15 is 0 Å².